The molecule has 6 heteroatoms. The van der Waals surface area contributed by atoms with Gasteiger partial charge < -0.3 is 15.8 Å². The van der Waals surface area contributed by atoms with Gasteiger partial charge in [-0.25, -0.2) is 0 Å². The summed E-state index contributed by atoms with van der Waals surface area (Å²) >= 11 is 0. The third-order valence-electron chi connectivity index (χ3n) is 5.80. The van der Waals surface area contributed by atoms with Crippen LogP contribution < -0.4 is 15.8 Å². The summed E-state index contributed by atoms with van der Waals surface area (Å²) in [7, 11) is 0. The van der Waals surface area contributed by atoms with Gasteiger partial charge in [0.25, 0.3) is 5.91 Å². The van der Waals surface area contributed by atoms with Crippen LogP contribution in [-0.4, -0.2) is 24.1 Å². The zero-order chi connectivity index (χ0) is 23.9. The van der Waals surface area contributed by atoms with Crippen LogP contribution >= 0.6 is 0 Å². The summed E-state index contributed by atoms with van der Waals surface area (Å²) in [5, 5.41) is 10.5. The number of rotatable bonds is 9. The van der Waals surface area contributed by atoms with Gasteiger partial charge >= 0.3 is 0 Å². The lowest BCUT2D eigenvalue weighted by Crippen LogP contribution is -2.22. The van der Waals surface area contributed by atoms with Crippen LogP contribution in [0.25, 0.3) is 0 Å². The van der Waals surface area contributed by atoms with Crippen LogP contribution in [0.4, 0.5) is 5.69 Å². The number of ether oxygens (including phenoxy) is 1. The molecule has 1 amide bonds. The van der Waals surface area contributed by atoms with Crippen molar-refractivity contribution in [2.45, 2.75) is 25.7 Å². The largest absolute Gasteiger partial charge is 0.494 e. The molecule has 0 aromatic heterocycles. The van der Waals surface area contributed by atoms with Gasteiger partial charge in [0.1, 0.15) is 11.6 Å². The predicted octanol–water partition coefficient (Wildman–Crippen LogP) is 4.94. The molecule has 0 radical (unpaired) electrons. The van der Waals surface area contributed by atoms with Crippen molar-refractivity contribution in [3.05, 3.63) is 107 Å². The summed E-state index contributed by atoms with van der Waals surface area (Å²) in [6.07, 6.45) is 4.74. The summed E-state index contributed by atoms with van der Waals surface area (Å²) in [6.45, 7) is 0.620. The van der Waals surface area contributed by atoms with Crippen molar-refractivity contribution < 1.29 is 14.3 Å². The van der Waals surface area contributed by atoms with E-state index in [0.29, 0.717) is 41.0 Å². The van der Waals surface area contributed by atoms with Crippen LogP contribution in [0.5, 0.6) is 5.75 Å². The number of nitrogens with two attached hydrogens (primary N) is 1. The topological polar surface area (TPSA) is 105 Å². The third kappa shape index (κ3) is 5.59. The van der Waals surface area contributed by atoms with E-state index in [1.54, 1.807) is 42.5 Å². The van der Waals surface area contributed by atoms with Gasteiger partial charge in [-0.3, -0.25) is 15.0 Å². The van der Waals surface area contributed by atoms with E-state index in [2.05, 4.69) is 29.6 Å². The first-order valence-corrected chi connectivity index (χ1v) is 11.3. The summed E-state index contributed by atoms with van der Waals surface area (Å²) in [4.78, 5) is 25.2. The molecule has 0 saturated heterocycles. The number of carbonyl (C=O) groups is 2. The van der Waals surface area contributed by atoms with E-state index in [1.165, 1.54) is 11.6 Å². The number of amidine groups is 1. The van der Waals surface area contributed by atoms with Crippen molar-refractivity contribution in [2.75, 3.05) is 11.9 Å². The Labute approximate surface area is 199 Å². The molecule has 6 nitrogen and oxygen atoms in total. The van der Waals surface area contributed by atoms with Gasteiger partial charge in [-0.05, 0) is 66.8 Å². The van der Waals surface area contributed by atoms with Crippen molar-refractivity contribution in [2.24, 2.45) is 5.73 Å². The molecule has 3 aromatic rings. The highest BCUT2D eigenvalue weighted by atomic mass is 16.5. The molecule has 0 heterocycles. The molecule has 0 atom stereocenters. The Morgan fingerprint density at radius 3 is 2.47 bits per heavy atom. The Morgan fingerprint density at radius 1 is 0.971 bits per heavy atom. The molecule has 34 heavy (non-hydrogen) atoms. The van der Waals surface area contributed by atoms with Gasteiger partial charge in [0.2, 0.25) is 0 Å². The lowest BCUT2D eigenvalue weighted by molar-refractivity contribution is 0.102. The number of aryl methyl sites for hydroxylation is 1. The number of ketones is 1. The molecule has 0 saturated carbocycles. The minimum absolute atomic E-state index is 0.143. The van der Waals surface area contributed by atoms with Gasteiger partial charge in [-0.2, -0.15) is 0 Å². The first kappa shape index (κ1) is 23.0. The van der Waals surface area contributed by atoms with Crippen molar-refractivity contribution in [1.29, 1.82) is 5.41 Å². The number of unbranched alkanes of at least 4 members (excludes halogenated alkanes) is 1. The Hall–Kier alpha value is -4.19. The number of carbonyl (C=O) groups excluding carboxylic acids is 2. The van der Waals surface area contributed by atoms with Crippen molar-refractivity contribution >= 4 is 23.2 Å². The maximum Gasteiger partial charge on any atom is 0.255 e. The van der Waals surface area contributed by atoms with Gasteiger partial charge in [-0.1, -0.05) is 42.5 Å². The van der Waals surface area contributed by atoms with Crippen molar-refractivity contribution in [3.63, 3.8) is 0 Å². The van der Waals surface area contributed by atoms with E-state index in [1.807, 2.05) is 6.07 Å². The maximum absolute atomic E-state index is 12.8. The fraction of sp³-hybridized carbons (Fsp3) is 0.179. The van der Waals surface area contributed by atoms with Crippen LogP contribution in [0.3, 0.4) is 0 Å². The number of hydrogen-bond acceptors (Lipinski definition) is 4. The highest BCUT2D eigenvalue weighted by molar-refractivity contribution is 6.14. The fourth-order valence-corrected chi connectivity index (χ4v) is 3.94. The Morgan fingerprint density at radius 2 is 1.74 bits per heavy atom. The van der Waals surface area contributed by atoms with Crippen LogP contribution in [0.1, 0.15) is 44.7 Å². The van der Waals surface area contributed by atoms with Crippen LogP contribution in [0.2, 0.25) is 0 Å². The number of anilines is 1. The van der Waals surface area contributed by atoms with Gasteiger partial charge in [-0.15, -0.1) is 0 Å². The average molecular weight is 454 g/mol. The quantitative estimate of drug-likeness (QED) is 0.242. The number of nitrogens with one attached hydrogen (secondary N) is 2. The number of fused-ring (bicyclic) bond motifs is 1. The summed E-state index contributed by atoms with van der Waals surface area (Å²) < 4.78 is 5.81. The van der Waals surface area contributed by atoms with E-state index in [4.69, 9.17) is 15.9 Å². The summed E-state index contributed by atoms with van der Waals surface area (Å²) in [5.74, 6) is 0.0768. The van der Waals surface area contributed by atoms with E-state index < -0.39 is 0 Å². The molecule has 1 aliphatic rings. The highest BCUT2D eigenvalue weighted by Gasteiger charge is 2.22. The smallest absolute Gasteiger partial charge is 0.255 e. The van der Waals surface area contributed by atoms with Gasteiger partial charge in [0.15, 0.2) is 5.78 Å². The first-order chi connectivity index (χ1) is 16.5. The molecule has 4 N–H and O–H groups in total. The molecule has 1 aliphatic carbocycles. The van der Waals surface area contributed by atoms with Crippen LogP contribution in [0, 0.1) is 5.41 Å². The Bertz CT molecular complexity index is 1230. The maximum atomic E-state index is 12.8. The Kier molecular flexibility index (Phi) is 7.18. The summed E-state index contributed by atoms with van der Waals surface area (Å²) in [5.41, 5.74) is 9.57. The molecule has 3 aromatic carbocycles. The minimum atomic E-state index is -0.283. The molecule has 0 aliphatic heterocycles. The van der Waals surface area contributed by atoms with Crippen LogP contribution in [0.15, 0.2) is 84.4 Å². The van der Waals surface area contributed by atoms with E-state index in [9.17, 15) is 9.59 Å². The van der Waals surface area contributed by atoms with Crippen LogP contribution in [-0.2, 0) is 12.8 Å². The number of benzene rings is 3. The van der Waals surface area contributed by atoms with Crippen molar-refractivity contribution in [1.82, 2.24) is 0 Å². The van der Waals surface area contributed by atoms with Gasteiger partial charge in [0.05, 0.1) is 6.61 Å². The molecule has 0 bridgehead atoms. The fourth-order valence-electron chi connectivity index (χ4n) is 3.94. The monoisotopic (exact) mass is 453 g/mol. The van der Waals surface area contributed by atoms with Crippen molar-refractivity contribution in [3.8, 4) is 5.75 Å². The number of hydrogen-bond donors (Lipinski definition) is 3. The second kappa shape index (κ2) is 10.6. The van der Waals surface area contributed by atoms with E-state index in [0.717, 1.165) is 25.0 Å². The van der Waals surface area contributed by atoms with Gasteiger partial charge in [0, 0.05) is 28.8 Å². The normalized spacial score (nSPS) is 12.5. The number of allylic oxidation sites excluding steroid dienone is 1. The van der Waals surface area contributed by atoms with E-state index in [-0.39, 0.29) is 17.5 Å². The second-order valence-corrected chi connectivity index (χ2v) is 8.23. The Balaban J connectivity index is 1.32. The standard InChI is InChI=1S/C28H27N3O3/c29-27(30)21-17-24-23(26(32)18-21)10-6-11-25(24)31-28(33)20-12-14-22(15-13-20)34-16-5-4-9-19-7-2-1-3-8-19/h1-3,6-8,10-15,18H,4-5,9,16-17H2,(H3,29,30)(H,31,33). The lowest BCUT2D eigenvalue weighted by Gasteiger charge is -2.19. The SMILES string of the molecule is N=C(N)C1=CC(=O)c2cccc(NC(=O)c3ccc(OCCCCc4ccccc4)cc3)c2C1. The first-order valence-electron chi connectivity index (χ1n) is 11.3. The second-order valence-electron chi connectivity index (χ2n) is 8.23. The molecule has 0 fully saturated rings. The lowest BCUT2D eigenvalue weighted by atomic mass is 9.89. The number of amides is 1. The molecule has 172 valence electrons. The minimum Gasteiger partial charge on any atom is -0.494 e. The zero-order valence-electron chi connectivity index (χ0n) is 18.8. The molecule has 4 rings (SSSR count). The predicted molar refractivity (Wildman–Crippen MR) is 134 cm³/mol. The molecule has 0 spiro atoms. The summed E-state index contributed by atoms with van der Waals surface area (Å²) in [6, 6.07) is 22.6. The zero-order valence-corrected chi connectivity index (χ0v) is 18.8. The molecule has 0 unspecified atom stereocenters. The molecular formula is C28H27N3O3. The van der Waals surface area contributed by atoms with E-state index >= 15 is 0 Å². The molecular weight excluding hydrogens is 426 g/mol. The highest BCUT2D eigenvalue weighted by Crippen LogP contribution is 2.28. The third-order valence-corrected chi connectivity index (χ3v) is 5.80. The average Bonchev–Trinajstić information content (AvgIpc) is 2.85.